The molecule has 0 bridgehead atoms. The summed E-state index contributed by atoms with van der Waals surface area (Å²) in [4.78, 5) is 12.7. The normalized spacial score (nSPS) is 25.8. The number of halogens is 3. The fourth-order valence-corrected chi connectivity index (χ4v) is 5.76. The first-order valence-electron chi connectivity index (χ1n) is 9.98. The van der Waals surface area contributed by atoms with Crippen molar-refractivity contribution >= 4 is 39.3 Å². The van der Waals surface area contributed by atoms with Crippen molar-refractivity contribution in [1.29, 1.82) is 5.26 Å². The number of nitrogens with zero attached hydrogens (tertiary/aromatic N) is 4. The third kappa shape index (κ3) is 3.29. The molecule has 5 rings (SSSR count). The molecule has 3 heterocycles. The number of alkyl halides is 1. The lowest BCUT2D eigenvalue weighted by atomic mass is 9.84. The molecule has 1 aliphatic carbocycles. The van der Waals surface area contributed by atoms with E-state index >= 15 is 4.39 Å². The van der Waals surface area contributed by atoms with Crippen LogP contribution in [0.15, 0.2) is 41.7 Å². The fraction of sp³-hybridized carbons (Fsp3) is 0.273. The van der Waals surface area contributed by atoms with Gasteiger partial charge in [-0.1, -0.05) is 11.8 Å². The Morgan fingerprint density at radius 1 is 1.30 bits per heavy atom. The molecule has 4 N–H and O–H groups in total. The van der Waals surface area contributed by atoms with Gasteiger partial charge in [-0.2, -0.15) is 5.26 Å². The van der Waals surface area contributed by atoms with Gasteiger partial charge >= 0.3 is 0 Å². The van der Waals surface area contributed by atoms with Crippen LogP contribution < -0.4 is 11.1 Å². The highest BCUT2D eigenvalue weighted by Crippen LogP contribution is 2.66. The predicted molar refractivity (Wildman–Crippen MR) is 119 cm³/mol. The highest BCUT2D eigenvalue weighted by Gasteiger charge is 2.68. The van der Waals surface area contributed by atoms with Gasteiger partial charge in [0, 0.05) is 41.0 Å². The van der Waals surface area contributed by atoms with Gasteiger partial charge < -0.3 is 16.2 Å². The molecule has 168 valence electrons. The zero-order chi connectivity index (χ0) is 23.4. The van der Waals surface area contributed by atoms with Gasteiger partial charge in [-0.15, -0.1) is 0 Å². The molecule has 0 saturated heterocycles. The summed E-state index contributed by atoms with van der Waals surface area (Å²) < 4.78 is 43.5. The molecule has 1 aliphatic heterocycles. The van der Waals surface area contributed by atoms with E-state index in [1.807, 2.05) is 6.07 Å². The van der Waals surface area contributed by atoms with Crippen LogP contribution in [0, 0.1) is 28.9 Å². The average molecular weight is 470 g/mol. The van der Waals surface area contributed by atoms with E-state index in [9.17, 15) is 13.9 Å². The molecule has 7 nitrogen and oxygen atoms in total. The number of aliphatic imine (C=N–C) groups is 1. The molecule has 0 radical (unpaired) electrons. The van der Waals surface area contributed by atoms with Crippen LogP contribution in [0.1, 0.15) is 17.5 Å². The zero-order valence-electron chi connectivity index (χ0n) is 17.0. The van der Waals surface area contributed by atoms with Crippen molar-refractivity contribution in [3.8, 4) is 6.07 Å². The first-order chi connectivity index (χ1) is 15.9. The zero-order valence-corrected chi connectivity index (χ0v) is 17.8. The second kappa shape index (κ2) is 7.60. The number of aliphatic hydroxyl groups is 1. The van der Waals surface area contributed by atoms with Gasteiger partial charge in [-0.3, -0.25) is 4.98 Å². The third-order valence-electron chi connectivity index (χ3n) is 6.18. The van der Waals surface area contributed by atoms with Crippen LogP contribution in [0.4, 0.5) is 24.7 Å². The van der Waals surface area contributed by atoms with E-state index in [1.54, 1.807) is 12.1 Å². The summed E-state index contributed by atoms with van der Waals surface area (Å²) >= 11 is 1.13. The summed E-state index contributed by atoms with van der Waals surface area (Å²) in [6.45, 7) is -1.38. The Balaban J connectivity index is 1.61. The minimum atomic E-state index is -1.74. The average Bonchev–Trinajstić information content (AvgIpc) is 3.56. The van der Waals surface area contributed by atoms with Gasteiger partial charge in [0.1, 0.15) is 23.8 Å². The molecule has 11 heteroatoms. The highest BCUT2D eigenvalue weighted by atomic mass is 32.2. The summed E-state index contributed by atoms with van der Waals surface area (Å²) in [7, 11) is 0. The summed E-state index contributed by atoms with van der Waals surface area (Å²) in [5.74, 6) is -2.70. The summed E-state index contributed by atoms with van der Waals surface area (Å²) in [5.41, 5.74) is 4.77. The highest BCUT2D eigenvalue weighted by molar-refractivity contribution is 8.15. The topological polar surface area (TPSA) is 120 Å². The van der Waals surface area contributed by atoms with Crippen LogP contribution in [0.3, 0.4) is 0 Å². The molecule has 1 saturated carbocycles. The maximum atomic E-state index is 15.0. The number of rotatable bonds is 5. The third-order valence-corrected chi connectivity index (χ3v) is 7.46. The Morgan fingerprint density at radius 2 is 2.12 bits per heavy atom. The van der Waals surface area contributed by atoms with Crippen LogP contribution in [0.25, 0.3) is 10.9 Å². The number of hydrogen-bond acceptors (Lipinski definition) is 8. The van der Waals surface area contributed by atoms with Gasteiger partial charge in [-0.05, 0) is 24.6 Å². The van der Waals surface area contributed by atoms with E-state index in [0.717, 1.165) is 17.8 Å². The van der Waals surface area contributed by atoms with Crippen molar-refractivity contribution in [3.05, 3.63) is 59.4 Å². The lowest BCUT2D eigenvalue weighted by Crippen LogP contribution is -2.41. The number of thioether (sulfide) groups is 1. The minimum absolute atomic E-state index is 0.0156. The maximum Gasteiger partial charge on any atom is 0.164 e. The Bertz CT molecular complexity index is 1360. The SMILES string of the molecule is N#Cc1cnc2c(Nc3cc(F)c(F)c([C@@]4(CF)N=C(N)S[C@@]5(CO)CC54)c3)nccc2c1. The molecule has 1 fully saturated rings. The number of fused-ring (bicyclic) bond motifs is 2. The molecule has 1 unspecified atom stereocenters. The van der Waals surface area contributed by atoms with Crippen molar-refractivity contribution in [1.82, 2.24) is 9.97 Å². The predicted octanol–water partition coefficient (Wildman–Crippen LogP) is 3.50. The lowest BCUT2D eigenvalue weighted by Gasteiger charge is -2.34. The van der Waals surface area contributed by atoms with E-state index in [0.29, 0.717) is 22.9 Å². The van der Waals surface area contributed by atoms with Crippen molar-refractivity contribution in [2.24, 2.45) is 16.6 Å². The fourth-order valence-electron chi connectivity index (χ4n) is 4.48. The Labute approximate surface area is 190 Å². The minimum Gasteiger partial charge on any atom is -0.395 e. The number of nitrogens with two attached hydrogens (primary N) is 1. The summed E-state index contributed by atoms with van der Waals surface area (Å²) in [6.07, 6.45) is 3.24. The van der Waals surface area contributed by atoms with E-state index in [1.165, 1.54) is 18.5 Å². The van der Waals surface area contributed by atoms with Crippen LogP contribution in [-0.2, 0) is 5.54 Å². The first kappa shape index (κ1) is 21.5. The Kier molecular flexibility index (Phi) is 4.95. The number of aromatic nitrogens is 2. The molecule has 1 aromatic carbocycles. The lowest BCUT2D eigenvalue weighted by molar-refractivity contribution is 0.230. The summed E-state index contributed by atoms with van der Waals surface area (Å²) in [5, 5.41) is 22.5. The first-order valence-corrected chi connectivity index (χ1v) is 10.8. The van der Waals surface area contributed by atoms with Crippen molar-refractivity contribution in [2.75, 3.05) is 18.6 Å². The molecule has 2 aliphatic rings. The number of aliphatic hydroxyl groups excluding tert-OH is 1. The van der Waals surface area contributed by atoms with Crippen LogP contribution in [-0.4, -0.2) is 38.3 Å². The largest absolute Gasteiger partial charge is 0.395 e. The monoisotopic (exact) mass is 470 g/mol. The molecule has 0 amide bonds. The number of nitrogens with one attached hydrogen (secondary N) is 1. The Hall–Kier alpha value is -3.36. The van der Waals surface area contributed by atoms with Crippen molar-refractivity contribution < 1.29 is 18.3 Å². The molecule has 3 aromatic rings. The molecule has 3 atom stereocenters. The molecule has 33 heavy (non-hydrogen) atoms. The number of anilines is 2. The quantitative estimate of drug-likeness (QED) is 0.522. The van der Waals surface area contributed by atoms with Gasteiger partial charge in [0.25, 0.3) is 0 Å². The van der Waals surface area contributed by atoms with Gasteiger partial charge in [0.05, 0.1) is 16.9 Å². The molecule has 2 aromatic heterocycles. The Morgan fingerprint density at radius 3 is 2.85 bits per heavy atom. The van der Waals surface area contributed by atoms with E-state index in [2.05, 4.69) is 20.3 Å². The van der Waals surface area contributed by atoms with Gasteiger partial charge in [0.15, 0.2) is 22.6 Å². The number of pyridine rings is 2. The van der Waals surface area contributed by atoms with Crippen molar-refractivity contribution in [2.45, 2.75) is 16.7 Å². The standard InChI is InChI=1S/C22H17F3N6OS/c23-9-22(16-6-21(16,10-32)33-20(27)31-22)14-4-13(5-15(24)17(14)25)30-19-18-12(1-2-28-19)3-11(7-26)8-29-18/h1-5,8,16,32H,6,9-10H2,(H2,27,31)(H,28,30)/t16?,21-,22-/m1/s1. The molecule has 0 spiro atoms. The molecular weight excluding hydrogens is 453 g/mol. The number of nitriles is 1. The van der Waals surface area contributed by atoms with E-state index in [4.69, 9.17) is 11.0 Å². The number of hydrogen-bond donors (Lipinski definition) is 3. The van der Waals surface area contributed by atoms with E-state index < -0.39 is 34.5 Å². The second-order valence-corrected chi connectivity index (χ2v) is 9.54. The van der Waals surface area contributed by atoms with Crippen LogP contribution >= 0.6 is 11.8 Å². The maximum absolute atomic E-state index is 15.0. The van der Waals surface area contributed by atoms with Crippen LogP contribution in [0.2, 0.25) is 0 Å². The van der Waals surface area contributed by atoms with Gasteiger partial charge in [0.2, 0.25) is 0 Å². The number of amidine groups is 1. The summed E-state index contributed by atoms with van der Waals surface area (Å²) in [6, 6.07) is 7.52. The van der Waals surface area contributed by atoms with E-state index in [-0.39, 0.29) is 28.8 Å². The second-order valence-electron chi connectivity index (χ2n) is 8.10. The van der Waals surface area contributed by atoms with Crippen molar-refractivity contribution in [3.63, 3.8) is 0 Å². The number of benzene rings is 1. The van der Waals surface area contributed by atoms with Crippen LogP contribution in [0.5, 0.6) is 0 Å². The van der Waals surface area contributed by atoms with Gasteiger partial charge in [-0.25, -0.2) is 23.1 Å². The smallest absolute Gasteiger partial charge is 0.164 e. The molecular formula is C22H17F3N6OS.